The zero-order chi connectivity index (χ0) is 13.2. The van der Waals surface area contributed by atoms with Crippen molar-refractivity contribution in [3.63, 3.8) is 0 Å². The molecule has 1 amide bonds. The maximum absolute atomic E-state index is 12.0. The van der Waals surface area contributed by atoms with Gasteiger partial charge in [0, 0.05) is 30.8 Å². The van der Waals surface area contributed by atoms with Gasteiger partial charge in [0.1, 0.15) is 5.60 Å². The molecule has 1 unspecified atom stereocenters. The van der Waals surface area contributed by atoms with Crippen LogP contribution < -0.4 is 11.1 Å². The average molecular weight is 250 g/mol. The molecular formula is C13H18N2O3. The summed E-state index contributed by atoms with van der Waals surface area (Å²) >= 11 is 0. The van der Waals surface area contributed by atoms with Crippen LogP contribution in [0.25, 0.3) is 0 Å². The number of nitrogens with one attached hydrogen (secondary N) is 1. The average Bonchev–Trinajstić information content (AvgIpc) is 2.74. The fraction of sp³-hybridized carbons (Fsp3) is 0.462. The van der Waals surface area contributed by atoms with E-state index in [9.17, 15) is 9.90 Å². The van der Waals surface area contributed by atoms with Crippen LogP contribution in [-0.2, 0) is 4.74 Å². The Morgan fingerprint density at radius 2 is 2.39 bits per heavy atom. The highest BCUT2D eigenvalue weighted by Crippen LogP contribution is 2.18. The second kappa shape index (κ2) is 4.96. The fourth-order valence-electron chi connectivity index (χ4n) is 2.02. The first kappa shape index (κ1) is 12.9. The molecule has 0 aliphatic carbocycles. The number of nitrogens with two attached hydrogens (primary N) is 1. The molecule has 0 radical (unpaired) electrons. The summed E-state index contributed by atoms with van der Waals surface area (Å²) in [5, 5.41) is 12.8. The number of aryl methyl sites for hydroxylation is 1. The van der Waals surface area contributed by atoms with Gasteiger partial charge in [0.15, 0.2) is 0 Å². The molecule has 0 saturated carbocycles. The van der Waals surface area contributed by atoms with E-state index < -0.39 is 5.60 Å². The third-order valence-corrected chi connectivity index (χ3v) is 3.16. The van der Waals surface area contributed by atoms with E-state index in [1.54, 1.807) is 18.2 Å². The van der Waals surface area contributed by atoms with Crippen molar-refractivity contribution in [3.05, 3.63) is 29.3 Å². The Balaban J connectivity index is 1.99. The van der Waals surface area contributed by atoms with Gasteiger partial charge in [0.25, 0.3) is 5.91 Å². The molecule has 1 aromatic rings. The van der Waals surface area contributed by atoms with E-state index in [0.717, 1.165) is 5.56 Å². The van der Waals surface area contributed by atoms with Crippen LogP contribution in [0.3, 0.4) is 0 Å². The zero-order valence-electron chi connectivity index (χ0n) is 10.4. The normalized spacial score (nSPS) is 23.0. The molecule has 18 heavy (non-hydrogen) atoms. The predicted molar refractivity (Wildman–Crippen MR) is 68.3 cm³/mol. The van der Waals surface area contributed by atoms with Crippen molar-refractivity contribution in [2.24, 2.45) is 0 Å². The highest BCUT2D eigenvalue weighted by atomic mass is 16.5. The Morgan fingerprint density at radius 3 is 3.00 bits per heavy atom. The number of nitrogen functional groups attached to an aromatic ring is 1. The summed E-state index contributed by atoms with van der Waals surface area (Å²) in [6.07, 6.45) is 0.550. The van der Waals surface area contributed by atoms with Crippen LogP contribution in [-0.4, -0.2) is 36.4 Å². The standard InChI is InChI=1S/C13H18N2O3/c1-9-6-10(14)2-3-11(9)12(16)15-7-13(17)4-5-18-8-13/h2-3,6,17H,4-5,7-8,14H2,1H3,(H,15,16). The van der Waals surface area contributed by atoms with Crippen molar-refractivity contribution in [2.75, 3.05) is 25.5 Å². The molecule has 1 saturated heterocycles. The zero-order valence-corrected chi connectivity index (χ0v) is 10.4. The summed E-state index contributed by atoms with van der Waals surface area (Å²) in [7, 11) is 0. The van der Waals surface area contributed by atoms with E-state index in [-0.39, 0.29) is 19.1 Å². The lowest BCUT2D eigenvalue weighted by Gasteiger charge is -2.20. The molecule has 0 aromatic heterocycles. The van der Waals surface area contributed by atoms with Crippen LogP contribution in [0.5, 0.6) is 0 Å². The lowest BCUT2D eigenvalue weighted by molar-refractivity contribution is 0.0264. The van der Waals surface area contributed by atoms with Gasteiger partial charge in [0.2, 0.25) is 0 Å². The van der Waals surface area contributed by atoms with Gasteiger partial charge in [-0.1, -0.05) is 0 Å². The van der Waals surface area contributed by atoms with Crippen molar-refractivity contribution in [1.82, 2.24) is 5.32 Å². The summed E-state index contributed by atoms with van der Waals surface area (Å²) in [6, 6.07) is 5.13. The topological polar surface area (TPSA) is 84.6 Å². The molecule has 4 N–H and O–H groups in total. The quantitative estimate of drug-likeness (QED) is 0.680. The van der Waals surface area contributed by atoms with Gasteiger partial charge in [-0.15, -0.1) is 0 Å². The first-order chi connectivity index (χ1) is 8.50. The Bertz CT molecular complexity index is 454. The lowest BCUT2D eigenvalue weighted by Crippen LogP contribution is -2.43. The Morgan fingerprint density at radius 1 is 1.61 bits per heavy atom. The molecule has 0 bridgehead atoms. The van der Waals surface area contributed by atoms with E-state index in [1.807, 2.05) is 6.92 Å². The summed E-state index contributed by atoms with van der Waals surface area (Å²) in [5.41, 5.74) is 6.73. The molecule has 1 aliphatic heterocycles. The first-order valence-electron chi connectivity index (χ1n) is 5.95. The Labute approximate surface area is 106 Å². The summed E-state index contributed by atoms with van der Waals surface area (Å²) < 4.78 is 5.12. The third-order valence-electron chi connectivity index (χ3n) is 3.16. The van der Waals surface area contributed by atoms with Gasteiger partial charge in [-0.25, -0.2) is 0 Å². The minimum Gasteiger partial charge on any atom is -0.399 e. The van der Waals surface area contributed by atoms with Crippen LogP contribution in [0.2, 0.25) is 0 Å². The molecule has 1 atom stereocenters. The number of benzene rings is 1. The third kappa shape index (κ3) is 2.80. The van der Waals surface area contributed by atoms with E-state index in [4.69, 9.17) is 10.5 Å². The van der Waals surface area contributed by atoms with Crippen molar-refractivity contribution in [1.29, 1.82) is 0 Å². The van der Waals surface area contributed by atoms with E-state index in [1.165, 1.54) is 0 Å². The van der Waals surface area contributed by atoms with Crippen molar-refractivity contribution < 1.29 is 14.6 Å². The van der Waals surface area contributed by atoms with E-state index >= 15 is 0 Å². The summed E-state index contributed by atoms with van der Waals surface area (Å²) in [5.74, 6) is -0.201. The number of hydrogen-bond donors (Lipinski definition) is 3. The number of rotatable bonds is 3. The fourth-order valence-corrected chi connectivity index (χ4v) is 2.02. The molecule has 1 aromatic carbocycles. The highest BCUT2D eigenvalue weighted by Gasteiger charge is 2.32. The molecule has 0 spiro atoms. The van der Waals surface area contributed by atoms with Crippen LogP contribution in [0.15, 0.2) is 18.2 Å². The van der Waals surface area contributed by atoms with Crippen LogP contribution in [0, 0.1) is 6.92 Å². The largest absolute Gasteiger partial charge is 0.399 e. The number of amides is 1. The van der Waals surface area contributed by atoms with Gasteiger partial charge in [0.05, 0.1) is 6.61 Å². The van der Waals surface area contributed by atoms with Crippen molar-refractivity contribution in [3.8, 4) is 0 Å². The number of anilines is 1. The minimum absolute atomic E-state index is 0.201. The monoisotopic (exact) mass is 250 g/mol. The predicted octanol–water partition coefficient (Wildman–Crippen LogP) is 0.458. The van der Waals surface area contributed by atoms with Gasteiger partial charge in [-0.2, -0.15) is 0 Å². The number of ether oxygens (including phenoxy) is 1. The Kier molecular flexibility index (Phi) is 3.54. The van der Waals surface area contributed by atoms with Gasteiger partial charge in [-0.05, 0) is 30.7 Å². The summed E-state index contributed by atoms with van der Waals surface area (Å²) in [4.78, 5) is 12.0. The Hall–Kier alpha value is -1.59. The van der Waals surface area contributed by atoms with E-state index in [0.29, 0.717) is 24.3 Å². The van der Waals surface area contributed by atoms with Crippen LogP contribution >= 0.6 is 0 Å². The van der Waals surface area contributed by atoms with Crippen LogP contribution in [0.1, 0.15) is 22.3 Å². The number of carbonyl (C=O) groups excluding carboxylic acids is 1. The minimum atomic E-state index is -0.933. The van der Waals surface area contributed by atoms with Gasteiger partial charge in [-0.3, -0.25) is 4.79 Å². The number of carbonyl (C=O) groups is 1. The number of aliphatic hydroxyl groups is 1. The number of hydrogen-bond acceptors (Lipinski definition) is 4. The van der Waals surface area contributed by atoms with Crippen molar-refractivity contribution >= 4 is 11.6 Å². The smallest absolute Gasteiger partial charge is 0.251 e. The maximum Gasteiger partial charge on any atom is 0.251 e. The van der Waals surface area contributed by atoms with E-state index in [2.05, 4.69) is 5.32 Å². The molecule has 5 nitrogen and oxygen atoms in total. The maximum atomic E-state index is 12.0. The molecule has 5 heteroatoms. The highest BCUT2D eigenvalue weighted by molar-refractivity contribution is 5.96. The molecule has 98 valence electrons. The summed E-state index contributed by atoms with van der Waals surface area (Å²) in [6.45, 7) is 2.84. The molecule has 1 aliphatic rings. The van der Waals surface area contributed by atoms with Gasteiger partial charge < -0.3 is 20.9 Å². The lowest BCUT2D eigenvalue weighted by atomic mass is 10.0. The first-order valence-corrected chi connectivity index (χ1v) is 5.95. The van der Waals surface area contributed by atoms with Crippen molar-refractivity contribution in [2.45, 2.75) is 18.9 Å². The van der Waals surface area contributed by atoms with Gasteiger partial charge >= 0.3 is 0 Å². The molecule has 2 rings (SSSR count). The molecular weight excluding hydrogens is 232 g/mol. The second-order valence-corrected chi connectivity index (χ2v) is 4.78. The second-order valence-electron chi connectivity index (χ2n) is 4.78. The molecule has 1 fully saturated rings. The molecule has 1 heterocycles. The SMILES string of the molecule is Cc1cc(N)ccc1C(=O)NCC1(O)CCOC1. The van der Waals surface area contributed by atoms with Crippen LogP contribution in [0.4, 0.5) is 5.69 Å².